The SMILES string of the molecule is Cn1cnc(C[C@H]2COC(c3ccc4ccc(C5=N[C@@H](Cc6cn(C)cn6)CO5)nc4n3)=N2)c1. The lowest BCUT2D eigenvalue weighted by Crippen LogP contribution is -2.10. The minimum absolute atomic E-state index is 0.0268. The van der Waals surface area contributed by atoms with E-state index in [1.807, 2.05) is 59.9 Å². The molecule has 0 spiro atoms. The van der Waals surface area contributed by atoms with Crippen molar-refractivity contribution in [2.45, 2.75) is 24.9 Å². The van der Waals surface area contributed by atoms with Gasteiger partial charge in [-0.15, -0.1) is 0 Å². The molecule has 0 bridgehead atoms. The monoisotopic (exact) mass is 456 g/mol. The Balaban J connectivity index is 1.21. The first-order chi connectivity index (χ1) is 16.6. The molecule has 0 saturated heterocycles. The smallest absolute Gasteiger partial charge is 0.235 e. The molecular weight excluding hydrogens is 432 g/mol. The summed E-state index contributed by atoms with van der Waals surface area (Å²) in [6.07, 6.45) is 9.06. The summed E-state index contributed by atoms with van der Waals surface area (Å²) >= 11 is 0. The number of nitrogens with zero attached hydrogens (tertiary/aromatic N) is 8. The largest absolute Gasteiger partial charge is 0.474 e. The van der Waals surface area contributed by atoms with E-state index in [1.165, 1.54) is 0 Å². The molecule has 2 aliphatic rings. The van der Waals surface area contributed by atoms with Gasteiger partial charge in [-0.25, -0.2) is 29.9 Å². The highest BCUT2D eigenvalue weighted by atomic mass is 16.5. The molecule has 4 aromatic heterocycles. The van der Waals surface area contributed by atoms with Gasteiger partial charge in [0.2, 0.25) is 11.8 Å². The van der Waals surface area contributed by atoms with Gasteiger partial charge in [0.1, 0.15) is 24.6 Å². The number of imidazole rings is 2. The van der Waals surface area contributed by atoms with Crippen molar-refractivity contribution in [1.82, 2.24) is 29.1 Å². The molecule has 0 radical (unpaired) electrons. The predicted molar refractivity (Wildman–Crippen MR) is 126 cm³/mol. The molecule has 2 atom stereocenters. The van der Waals surface area contributed by atoms with E-state index >= 15 is 0 Å². The second-order valence-electron chi connectivity index (χ2n) is 8.71. The highest BCUT2D eigenvalue weighted by Crippen LogP contribution is 2.19. The van der Waals surface area contributed by atoms with E-state index in [0.29, 0.717) is 42.0 Å². The molecule has 34 heavy (non-hydrogen) atoms. The van der Waals surface area contributed by atoms with Crippen molar-refractivity contribution in [2.24, 2.45) is 24.1 Å². The van der Waals surface area contributed by atoms with E-state index in [-0.39, 0.29) is 12.1 Å². The van der Waals surface area contributed by atoms with E-state index in [4.69, 9.17) is 29.4 Å². The molecule has 172 valence electrons. The molecule has 0 aliphatic carbocycles. The van der Waals surface area contributed by atoms with E-state index in [0.717, 1.165) is 29.6 Å². The zero-order valence-corrected chi connectivity index (χ0v) is 19.0. The molecule has 2 aliphatic heterocycles. The number of aliphatic imine (C=N–C) groups is 2. The Labute approximate surface area is 196 Å². The van der Waals surface area contributed by atoms with E-state index in [1.54, 1.807) is 12.7 Å². The summed E-state index contributed by atoms with van der Waals surface area (Å²) in [4.78, 5) is 27.6. The van der Waals surface area contributed by atoms with Crippen molar-refractivity contribution in [3.05, 3.63) is 72.1 Å². The average molecular weight is 457 g/mol. The molecule has 6 rings (SSSR count). The lowest BCUT2D eigenvalue weighted by atomic mass is 10.2. The first kappa shape index (κ1) is 20.5. The van der Waals surface area contributed by atoms with Crippen LogP contribution < -0.4 is 0 Å². The maximum atomic E-state index is 5.85. The lowest BCUT2D eigenvalue weighted by Gasteiger charge is -2.05. The molecule has 0 N–H and O–H groups in total. The Hall–Kier alpha value is -4.08. The fourth-order valence-corrected chi connectivity index (χ4v) is 4.18. The van der Waals surface area contributed by atoms with Gasteiger partial charge in [-0.3, -0.25) is 0 Å². The first-order valence-electron chi connectivity index (χ1n) is 11.2. The van der Waals surface area contributed by atoms with Crippen LogP contribution in [0.3, 0.4) is 0 Å². The normalized spacial score (nSPS) is 19.7. The number of hydrogen-bond acceptors (Lipinski definition) is 8. The minimum Gasteiger partial charge on any atom is -0.474 e. The van der Waals surface area contributed by atoms with Gasteiger partial charge in [0.15, 0.2) is 5.65 Å². The van der Waals surface area contributed by atoms with Crippen LogP contribution in [0, 0.1) is 0 Å². The standard InChI is InChI=1S/C24H24N8O2/c1-31-9-16(25-13-31)7-18-11-33-23(27-18)20-5-3-15-4-6-21(30-22(15)29-20)24-28-19(12-34-24)8-17-10-32(2)14-26-17/h3-6,9-10,13-14,18-19H,7-8,11-12H2,1-2H3/t18-,19-/m0/s1. The maximum Gasteiger partial charge on any atom is 0.235 e. The van der Waals surface area contributed by atoms with Crippen LogP contribution in [-0.2, 0) is 36.4 Å². The quantitative estimate of drug-likeness (QED) is 0.439. The second-order valence-corrected chi connectivity index (χ2v) is 8.71. The molecule has 0 unspecified atom stereocenters. The van der Waals surface area contributed by atoms with Crippen LogP contribution in [0.25, 0.3) is 11.0 Å². The Bertz CT molecular complexity index is 1320. The zero-order valence-electron chi connectivity index (χ0n) is 19.0. The topological polar surface area (TPSA) is 105 Å². The van der Waals surface area contributed by atoms with Crippen molar-refractivity contribution in [3.8, 4) is 0 Å². The van der Waals surface area contributed by atoms with Gasteiger partial charge >= 0.3 is 0 Å². The molecular formula is C24H24N8O2. The number of aromatic nitrogens is 6. The Kier molecular flexibility index (Phi) is 5.05. The molecule has 10 nitrogen and oxygen atoms in total. The van der Waals surface area contributed by atoms with Crippen LogP contribution in [0.1, 0.15) is 22.8 Å². The van der Waals surface area contributed by atoms with Crippen molar-refractivity contribution >= 4 is 22.8 Å². The van der Waals surface area contributed by atoms with Crippen LogP contribution in [0.4, 0.5) is 0 Å². The molecule has 0 amide bonds. The van der Waals surface area contributed by atoms with Crippen molar-refractivity contribution in [2.75, 3.05) is 13.2 Å². The molecule has 6 heterocycles. The van der Waals surface area contributed by atoms with Crippen LogP contribution in [-0.4, -0.2) is 66.2 Å². The van der Waals surface area contributed by atoms with Gasteiger partial charge in [-0.05, 0) is 24.3 Å². The summed E-state index contributed by atoms with van der Waals surface area (Å²) in [5.74, 6) is 1.08. The third kappa shape index (κ3) is 4.14. The summed E-state index contributed by atoms with van der Waals surface area (Å²) in [5.41, 5.74) is 3.94. The number of hydrogen-bond donors (Lipinski definition) is 0. The van der Waals surface area contributed by atoms with Gasteiger partial charge < -0.3 is 18.6 Å². The molecule has 0 saturated carbocycles. The van der Waals surface area contributed by atoms with Crippen LogP contribution in [0.15, 0.2) is 59.3 Å². The number of pyridine rings is 2. The summed E-state index contributed by atoms with van der Waals surface area (Å²) in [5, 5.41) is 0.930. The van der Waals surface area contributed by atoms with Gasteiger partial charge in [-0.2, -0.15) is 0 Å². The highest BCUT2D eigenvalue weighted by Gasteiger charge is 2.24. The van der Waals surface area contributed by atoms with Gasteiger partial charge in [0.25, 0.3) is 0 Å². The fourth-order valence-electron chi connectivity index (χ4n) is 4.18. The van der Waals surface area contributed by atoms with Gasteiger partial charge in [0, 0.05) is 44.7 Å². The summed E-state index contributed by atoms with van der Waals surface area (Å²) < 4.78 is 15.6. The van der Waals surface area contributed by atoms with Crippen LogP contribution in [0.2, 0.25) is 0 Å². The second kappa shape index (κ2) is 8.36. The summed E-state index contributed by atoms with van der Waals surface area (Å²) in [6, 6.07) is 7.84. The average Bonchev–Trinajstić information content (AvgIpc) is 3.63. The predicted octanol–water partition coefficient (Wildman–Crippen LogP) is 1.87. The lowest BCUT2D eigenvalue weighted by molar-refractivity contribution is 0.315. The molecule has 0 fully saturated rings. The minimum atomic E-state index is 0.0268. The molecule has 4 aromatic rings. The zero-order chi connectivity index (χ0) is 23.1. The third-order valence-electron chi connectivity index (χ3n) is 5.82. The van der Waals surface area contributed by atoms with Crippen molar-refractivity contribution < 1.29 is 9.47 Å². The summed E-state index contributed by atoms with van der Waals surface area (Å²) in [7, 11) is 3.92. The van der Waals surface area contributed by atoms with E-state index in [2.05, 4.69) is 9.97 Å². The first-order valence-corrected chi connectivity index (χ1v) is 11.2. The third-order valence-corrected chi connectivity index (χ3v) is 5.82. The van der Waals surface area contributed by atoms with E-state index in [9.17, 15) is 0 Å². The number of ether oxygens (including phenoxy) is 2. The van der Waals surface area contributed by atoms with E-state index < -0.39 is 0 Å². The van der Waals surface area contributed by atoms with Crippen LogP contribution >= 0.6 is 0 Å². The number of aryl methyl sites for hydroxylation is 2. The van der Waals surface area contributed by atoms with Crippen molar-refractivity contribution in [1.29, 1.82) is 0 Å². The molecule has 10 heteroatoms. The summed E-state index contributed by atoms with van der Waals surface area (Å²) in [6.45, 7) is 1.03. The Morgan fingerprint density at radius 3 is 1.71 bits per heavy atom. The fraction of sp³-hybridized carbons (Fsp3) is 0.333. The number of fused-ring (bicyclic) bond motifs is 1. The van der Waals surface area contributed by atoms with Crippen molar-refractivity contribution in [3.63, 3.8) is 0 Å². The number of rotatable bonds is 6. The Morgan fingerprint density at radius 2 is 1.26 bits per heavy atom. The maximum absolute atomic E-state index is 5.85. The molecule has 0 aromatic carbocycles. The Morgan fingerprint density at radius 1 is 0.765 bits per heavy atom. The highest BCUT2D eigenvalue weighted by molar-refractivity contribution is 5.97. The van der Waals surface area contributed by atoms with Crippen LogP contribution in [0.5, 0.6) is 0 Å². The van der Waals surface area contributed by atoms with Gasteiger partial charge in [-0.1, -0.05) is 0 Å². The van der Waals surface area contributed by atoms with Gasteiger partial charge in [0.05, 0.1) is 36.1 Å².